The fourth-order valence-electron chi connectivity index (χ4n) is 4.14. The van der Waals surface area contributed by atoms with Crippen molar-refractivity contribution in [1.82, 2.24) is 4.57 Å². The lowest BCUT2D eigenvalue weighted by molar-refractivity contribution is -0.385. The quantitative estimate of drug-likeness (QED) is 0.135. The molecule has 0 radical (unpaired) electrons. The Kier molecular flexibility index (Phi) is 6.37. The van der Waals surface area contributed by atoms with Gasteiger partial charge >= 0.3 is 0 Å². The summed E-state index contributed by atoms with van der Waals surface area (Å²) in [6, 6.07) is 34.2. The number of aromatic nitrogens is 1. The van der Waals surface area contributed by atoms with E-state index in [9.17, 15) is 20.2 Å². The van der Waals surface area contributed by atoms with Crippen LogP contribution < -0.4 is 0 Å². The SMILES string of the molecule is O=[N+]([O-])c1ccc(N=Cc2cc(-c3ccccc3)n(-c3ccc([N+](=O)[O-])cc3)c2-c2ccccc2)cc1. The number of nitro benzene ring substituents is 2. The highest BCUT2D eigenvalue weighted by Crippen LogP contribution is 2.36. The second-order valence-corrected chi connectivity index (χ2v) is 8.21. The van der Waals surface area contributed by atoms with E-state index in [-0.39, 0.29) is 11.4 Å². The van der Waals surface area contributed by atoms with Gasteiger partial charge in [0.15, 0.2) is 0 Å². The molecule has 5 aromatic rings. The maximum Gasteiger partial charge on any atom is 0.269 e. The van der Waals surface area contributed by atoms with Crippen molar-refractivity contribution >= 4 is 23.3 Å². The summed E-state index contributed by atoms with van der Waals surface area (Å²) in [4.78, 5) is 26.0. The molecule has 0 fully saturated rings. The molecule has 0 aliphatic heterocycles. The summed E-state index contributed by atoms with van der Waals surface area (Å²) in [6.07, 6.45) is 1.73. The predicted molar refractivity (Wildman–Crippen MR) is 144 cm³/mol. The molecular weight excluding hydrogens is 468 g/mol. The summed E-state index contributed by atoms with van der Waals surface area (Å²) >= 11 is 0. The first-order valence-corrected chi connectivity index (χ1v) is 11.4. The van der Waals surface area contributed by atoms with Crippen LogP contribution in [0.25, 0.3) is 28.2 Å². The standard InChI is InChI=1S/C29H20N4O4/c34-32(35)26-13-11-24(12-14-26)30-20-23-19-28(21-7-3-1-4-8-21)31(29(23)22-9-5-2-6-10-22)25-15-17-27(18-16-25)33(36)37/h1-20H. The van der Waals surface area contributed by atoms with E-state index in [1.54, 1.807) is 30.5 Å². The molecule has 0 unspecified atom stereocenters. The van der Waals surface area contributed by atoms with E-state index in [1.165, 1.54) is 24.3 Å². The molecule has 8 heteroatoms. The molecular formula is C29H20N4O4. The Morgan fingerprint density at radius 3 is 1.70 bits per heavy atom. The largest absolute Gasteiger partial charge is 0.309 e. The first-order valence-electron chi connectivity index (χ1n) is 11.4. The van der Waals surface area contributed by atoms with Crippen molar-refractivity contribution in [2.75, 3.05) is 0 Å². The van der Waals surface area contributed by atoms with E-state index in [0.717, 1.165) is 33.8 Å². The van der Waals surface area contributed by atoms with Gasteiger partial charge in [-0.3, -0.25) is 25.2 Å². The van der Waals surface area contributed by atoms with Crippen molar-refractivity contribution in [3.8, 4) is 28.2 Å². The van der Waals surface area contributed by atoms with Gasteiger partial charge in [-0.15, -0.1) is 0 Å². The topological polar surface area (TPSA) is 104 Å². The van der Waals surface area contributed by atoms with Crippen LogP contribution in [0.5, 0.6) is 0 Å². The van der Waals surface area contributed by atoms with Crippen molar-refractivity contribution in [2.45, 2.75) is 0 Å². The van der Waals surface area contributed by atoms with Crippen LogP contribution in [0.4, 0.5) is 17.1 Å². The number of non-ortho nitro benzene ring substituents is 2. The molecule has 5 rings (SSSR count). The number of nitrogens with zero attached hydrogens (tertiary/aromatic N) is 4. The van der Waals surface area contributed by atoms with Crippen molar-refractivity contribution in [3.63, 3.8) is 0 Å². The second kappa shape index (κ2) is 10.1. The average molecular weight is 489 g/mol. The molecule has 0 bridgehead atoms. The van der Waals surface area contributed by atoms with Crippen molar-refractivity contribution in [2.24, 2.45) is 4.99 Å². The molecule has 0 spiro atoms. The van der Waals surface area contributed by atoms with Gasteiger partial charge in [0, 0.05) is 41.7 Å². The number of nitro groups is 2. The minimum Gasteiger partial charge on any atom is -0.309 e. The van der Waals surface area contributed by atoms with Crippen LogP contribution in [0.3, 0.4) is 0 Å². The van der Waals surface area contributed by atoms with E-state index in [0.29, 0.717) is 5.69 Å². The maximum absolute atomic E-state index is 11.3. The van der Waals surface area contributed by atoms with Gasteiger partial charge in [-0.1, -0.05) is 60.7 Å². The highest BCUT2D eigenvalue weighted by molar-refractivity contribution is 5.94. The minimum atomic E-state index is -0.447. The monoisotopic (exact) mass is 488 g/mol. The Morgan fingerprint density at radius 1 is 0.649 bits per heavy atom. The lowest BCUT2D eigenvalue weighted by atomic mass is 10.1. The van der Waals surface area contributed by atoms with E-state index in [1.807, 2.05) is 66.7 Å². The third kappa shape index (κ3) is 4.89. The second-order valence-electron chi connectivity index (χ2n) is 8.21. The molecule has 0 saturated heterocycles. The zero-order valence-corrected chi connectivity index (χ0v) is 19.5. The van der Waals surface area contributed by atoms with Gasteiger partial charge in [-0.05, 0) is 41.5 Å². The number of hydrogen-bond acceptors (Lipinski definition) is 5. The molecule has 1 aromatic heterocycles. The number of rotatable bonds is 7. The van der Waals surface area contributed by atoms with Crippen LogP contribution in [0.2, 0.25) is 0 Å². The smallest absolute Gasteiger partial charge is 0.269 e. The van der Waals surface area contributed by atoms with E-state index in [2.05, 4.69) is 9.56 Å². The summed E-state index contributed by atoms with van der Waals surface area (Å²) in [5.41, 5.74) is 5.82. The molecule has 0 saturated carbocycles. The number of aliphatic imine (C=N–C) groups is 1. The Hall–Kier alpha value is -5.37. The number of hydrogen-bond donors (Lipinski definition) is 0. The normalized spacial score (nSPS) is 11.0. The Labute approximate surface area is 212 Å². The van der Waals surface area contributed by atoms with Gasteiger partial charge in [0.1, 0.15) is 0 Å². The third-order valence-electron chi connectivity index (χ3n) is 5.88. The Balaban J connectivity index is 1.72. The lowest BCUT2D eigenvalue weighted by Gasteiger charge is -2.15. The molecule has 0 N–H and O–H groups in total. The molecule has 37 heavy (non-hydrogen) atoms. The van der Waals surface area contributed by atoms with E-state index in [4.69, 9.17) is 0 Å². The predicted octanol–water partition coefficient (Wildman–Crippen LogP) is 7.38. The maximum atomic E-state index is 11.3. The molecule has 180 valence electrons. The third-order valence-corrected chi connectivity index (χ3v) is 5.88. The van der Waals surface area contributed by atoms with Crippen LogP contribution in [-0.2, 0) is 0 Å². The van der Waals surface area contributed by atoms with Gasteiger partial charge in [0.25, 0.3) is 11.4 Å². The lowest BCUT2D eigenvalue weighted by Crippen LogP contribution is -2.01. The van der Waals surface area contributed by atoms with Gasteiger partial charge in [-0.2, -0.15) is 0 Å². The first-order chi connectivity index (χ1) is 18.0. The van der Waals surface area contributed by atoms with Gasteiger partial charge < -0.3 is 4.57 Å². The molecule has 0 amide bonds. The molecule has 0 aliphatic rings. The van der Waals surface area contributed by atoms with Crippen molar-refractivity contribution < 1.29 is 9.85 Å². The summed E-state index contributed by atoms with van der Waals surface area (Å²) in [5.74, 6) is 0. The molecule has 8 nitrogen and oxygen atoms in total. The van der Waals surface area contributed by atoms with Crippen LogP contribution in [-0.4, -0.2) is 20.6 Å². The summed E-state index contributed by atoms with van der Waals surface area (Å²) in [7, 11) is 0. The molecule has 0 aliphatic carbocycles. The van der Waals surface area contributed by atoms with E-state index < -0.39 is 9.85 Å². The van der Waals surface area contributed by atoms with Gasteiger partial charge in [0.2, 0.25) is 0 Å². The molecule has 1 heterocycles. The van der Waals surface area contributed by atoms with Crippen LogP contribution >= 0.6 is 0 Å². The first kappa shape index (κ1) is 23.4. The highest BCUT2D eigenvalue weighted by atomic mass is 16.6. The fourth-order valence-corrected chi connectivity index (χ4v) is 4.14. The van der Waals surface area contributed by atoms with Crippen molar-refractivity contribution in [1.29, 1.82) is 0 Å². The Morgan fingerprint density at radius 2 is 1.16 bits per heavy atom. The van der Waals surface area contributed by atoms with Gasteiger partial charge in [-0.25, -0.2) is 0 Å². The minimum absolute atomic E-state index is 0.000359. The zero-order chi connectivity index (χ0) is 25.8. The summed E-state index contributed by atoms with van der Waals surface area (Å²) < 4.78 is 2.06. The van der Waals surface area contributed by atoms with Crippen molar-refractivity contribution in [3.05, 3.63) is 141 Å². The zero-order valence-electron chi connectivity index (χ0n) is 19.5. The summed E-state index contributed by atoms with van der Waals surface area (Å²) in [5, 5.41) is 22.2. The Bertz CT molecular complexity index is 1590. The van der Waals surface area contributed by atoms with E-state index >= 15 is 0 Å². The number of benzene rings is 4. The molecule has 0 atom stereocenters. The highest BCUT2D eigenvalue weighted by Gasteiger charge is 2.19. The van der Waals surface area contributed by atoms with Crippen LogP contribution in [0.15, 0.2) is 120 Å². The van der Waals surface area contributed by atoms with Gasteiger partial charge in [0.05, 0.1) is 26.9 Å². The fraction of sp³-hybridized carbons (Fsp3) is 0. The van der Waals surface area contributed by atoms with Crippen LogP contribution in [0.1, 0.15) is 5.56 Å². The van der Waals surface area contributed by atoms with Crippen LogP contribution in [0, 0.1) is 20.2 Å². The summed E-state index contributed by atoms with van der Waals surface area (Å²) in [6.45, 7) is 0. The molecule has 4 aromatic carbocycles. The average Bonchev–Trinajstić information content (AvgIpc) is 3.32.